The fourth-order valence-corrected chi connectivity index (χ4v) is 2.05. The van der Waals surface area contributed by atoms with Gasteiger partial charge in [0, 0.05) is 6.54 Å². The highest BCUT2D eigenvalue weighted by molar-refractivity contribution is 6.38. The number of nitrogens with two attached hydrogens (primary N) is 1. The van der Waals surface area contributed by atoms with E-state index in [9.17, 15) is 5.11 Å². The molecule has 0 saturated heterocycles. The predicted molar refractivity (Wildman–Crippen MR) is 78.2 cm³/mol. The molecule has 0 aromatic heterocycles. The summed E-state index contributed by atoms with van der Waals surface area (Å²) in [5.74, 6) is 0.648. The number of benzene rings is 1. The largest absolute Gasteiger partial charge is 0.396 e. The van der Waals surface area contributed by atoms with Gasteiger partial charge in [-0.15, -0.1) is 0 Å². The average molecular weight is 291 g/mol. The van der Waals surface area contributed by atoms with Crippen LogP contribution in [-0.2, 0) is 0 Å². The van der Waals surface area contributed by atoms with E-state index in [1.54, 1.807) is 12.1 Å². The number of aliphatic hydroxyl groups is 1. The number of anilines is 1. The molecule has 0 aliphatic carbocycles. The molecule has 18 heavy (non-hydrogen) atoms. The maximum atomic E-state index is 10.0. The summed E-state index contributed by atoms with van der Waals surface area (Å²) in [4.78, 5) is 0. The van der Waals surface area contributed by atoms with Crippen LogP contribution >= 0.6 is 23.2 Å². The number of nitrogen functional groups attached to an aromatic ring is 1. The highest BCUT2D eigenvalue weighted by atomic mass is 35.5. The molecule has 0 bridgehead atoms. The predicted octanol–water partition coefficient (Wildman–Crippen LogP) is 3.24. The van der Waals surface area contributed by atoms with Gasteiger partial charge in [0.25, 0.3) is 0 Å². The lowest BCUT2D eigenvalue weighted by atomic mass is 10.1. The maximum Gasteiger partial charge on any atom is 0.0915 e. The quantitative estimate of drug-likeness (QED) is 0.557. The number of halogens is 2. The molecule has 4 N–H and O–H groups in total. The lowest BCUT2D eigenvalue weighted by molar-refractivity contribution is 0.174. The zero-order chi connectivity index (χ0) is 13.7. The summed E-state index contributed by atoms with van der Waals surface area (Å²) in [5, 5.41) is 14.0. The van der Waals surface area contributed by atoms with Gasteiger partial charge in [0.15, 0.2) is 0 Å². The van der Waals surface area contributed by atoms with E-state index in [1.165, 1.54) is 0 Å². The average Bonchev–Trinajstić information content (AvgIpc) is 2.30. The Balaban J connectivity index is 2.54. The van der Waals surface area contributed by atoms with Crippen LogP contribution in [0.15, 0.2) is 12.1 Å². The monoisotopic (exact) mass is 290 g/mol. The maximum absolute atomic E-state index is 10.0. The molecular formula is C13H20Cl2N2O. The second-order valence-corrected chi connectivity index (χ2v) is 5.62. The number of aliphatic hydroxyl groups excluding tert-OH is 1. The Labute approximate surface area is 118 Å². The summed E-state index contributed by atoms with van der Waals surface area (Å²) in [6.45, 7) is 5.68. The van der Waals surface area contributed by atoms with Crippen LogP contribution in [0.5, 0.6) is 0 Å². The molecule has 1 aromatic rings. The van der Waals surface area contributed by atoms with E-state index in [0.717, 1.165) is 13.0 Å². The Morgan fingerprint density at radius 2 is 1.83 bits per heavy atom. The fourth-order valence-electron chi connectivity index (χ4n) is 1.54. The third kappa shape index (κ3) is 4.65. The van der Waals surface area contributed by atoms with Crippen molar-refractivity contribution < 1.29 is 5.11 Å². The van der Waals surface area contributed by atoms with E-state index in [2.05, 4.69) is 19.2 Å². The zero-order valence-corrected chi connectivity index (χ0v) is 12.2. The van der Waals surface area contributed by atoms with E-state index < -0.39 is 6.10 Å². The van der Waals surface area contributed by atoms with Crippen LogP contribution in [0.1, 0.15) is 31.9 Å². The van der Waals surface area contributed by atoms with Gasteiger partial charge in [0.2, 0.25) is 0 Å². The van der Waals surface area contributed by atoms with Crippen molar-refractivity contribution in [2.75, 3.05) is 18.8 Å². The van der Waals surface area contributed by atoms with E-state index >= 15 is 0 Å². The van der Waals surface area contributed by atoms with Crippen molar-refractivity contribution in [2.24, 2.45) is 5.92 Å². The molecule has 1 atom stereocenters. The summed E-state index contributed by atoms with van der Waals surface area (Å²) in [6, 6.07) is 3.30. The van der Waals surface area contributed by atoms with Crippen LogP contribution in [-0.4, -0.2) is 18.2 Å². The number of nitrogens with one attached hydrogen (secondary N) is 1. The van der Waals surface area contributed by atoms with E-state index in [-0.39, 0.29) is 0 Å². The van der Waals surface area contributed by atoms with Gasteiger partial charge in [-0.25, -0.2) is 0 Å². The minimum absolute atomic E-state index is 0.349. The van der Waals surface area contributed by atoms with Gasteiger partial charge in [0.1, 0.15) is 0 Å². The molecule has 0 aliphatic heterocycles. The van der Waals surface area contributed by atoms with Crippen molar-refractivity contribution in [1.82, 2.24) is 5.32 Å². The van der Waals surface area contributed by atoms with Crippen molar-refractivity contribution in [3.8, 4) is 0 Å². The zero-order valence-electron chi connectivity index (χ0n) is 10.7. The Hall–Kier alpha value is -0.480. The Bertz CT molecular complexity index is 374. The van der Waals surface area contributed by atoms with Crippen molar-refractivity contribution >= 4 is 28.9 Å². The Kier molecular flexibility index (Phi) is 6.22. The molecule has 0 unspecified atom stereocenters. The summed E-state index contributed by atoms with van der Waals surface area (Å²) in [6.07, 6.45) is 0.448. The highest BCUT2D eigenvalue weighted by Gasteiger charge is 2.11. The highest BCUT2D eigenvalue weighted by Crippen LogP contribution is 2.31. The molecule has 0 aliphatic rings. The van der Waals surface area contributed by atoms with Gasteiger partial charge in [0.05, 0.1) is 21.8 Å². The van der Waals surface area contributed by atoms with Gasteiger partial charge < -0.3 is 16.2 Å². The molecule has 0 heterocycles. The summed E-state index contributed by atoms with van der Waals surface area (Å²) >= 11 is 11.9. The van der Waals surface area contributed by atoms with Gasteiger partial charge in [-0.3, -0.25) is 0 Å². The standard InChI is InChI=1S/C13H20Cl2N2O/c1-8(2)3-4-17-7-12(18)9-5-10(14)13(16)11(15)6-9/h5-6,8,12,17-18H,3-4,7,16H2,1-2H3/t12-/m0/s1. The molecule has 5 heteroatoms. The van der Waals surface area contributed by atoms with E-state index in [4.69, 9.17) is 28.9 Å². The molecule has 102 valence electrons. The molecule has 1 rings (SSSR count). The van der Waals surface area contributed by atoms with Gasteiger partial charge in [-0.2, -0.15) is 0 Å². The van der Waals surface area contributed by atoms with Crippen LogP contribution < -0.4 is 11.1 Å². The fraction of sp³-hybridized carbons (Fsp3) is 0.538. The van der Waals surface area contributed by atoms with Crippen LogP contribution in [0.2, 0.25) is 10.0 Å². The molecule has 1 aromatic carbocycles. The topological polar surface area (TPSA) is 58.3 Å². The van der Waals surface area contributed by atoms with E-state index in [1.807, 2.05) is 0 Å². The SMILES string of the molecule is CC(C)CCNC[C@H](O)c1cc(Cl)c(N)c(Cl)c1. The van der Waals surface area contributed by atoms with Crippen LogP contribution in [0.3, 0.4) is 0 Å². The first-order valence-electron chi connectivity index (χ1n) is 6.05. The third-order valence-corrected chi connectivity index (χ3v) is 3.35. The molecule has 0 saturated carbocycles. The minimum atomic E-state index is -0.632. The summed E-state index contributed by atoms with van der Waals surface area (Å²) < 4.78 is 0. The summed E-state index contributed by atoms with van der Waals surface area (Å²) in [5.41, 5.74) is 6.67. The van der Waals surface area contributed by atoms with Gasteiger partial charge in [-0.05, 0) is 36.6 Å². The molecule has 0 amide bonds. The first-order chi connectivity index (χ1) is 8.41. The molecule has 0 fully saturated rings. The molecule has 3 nitrogen and oxygen atoms in total. The normalized spacial score (nSPS) is 13.0. The van der Waals surface area contributed by atoms with Crippen molar-refractivity contribution in [3.63, 3.8) is 0 Å². The van der Waals surface area contributed by atoms with Crippen molar-refractivity contribution in [2.45, 2.75) is 26.4 Å². The van der Waals surface area contributed by atoms with Crippen LogP contribution in [0.25, 0.3) is 0 Å². The first kappa shape index (κ1) is 15.6. The van der Waals surface area contributed by atoms with Crippen molar-refractivity contribution in [1.29, 1.82) is 0 Å². The van der Waals surface area contributed by atoms with Gasteiger partial charge in [-0.1, -0.05) is 37.0 Å². The second-order valence-electron chi connectivity index (χ2n) is 4.80. The molecule has 0 spiro atoms. The number of hydrogen-bond acceptors (Lipinski definition) is 3. The minimum Gasteiger partial charge on any atom is -0.396 e. The second kappa shape index (κ2) is 7.19. The van der Waals surface area contributed by atoms with Gasteiger partial charge >= 0.3 is 0 Å². The van der Waals surface area contributed by atoms with Crippen molar-refractivity contribution in [3.05, 3.63) is 27.7 Å². The Morgan fingerprint density at radius 3 is 2.33 bits per heavy atom. The van der Waals surface area contributed by atoms with Crippen LogP contribution in [0, 0.1) is 5.92 Å². The molecular weight excluding hydrogens is 271 g/mol. The third-order valence-electron chi connectivity index (χ3n) is 2.72. The first-order valence-corrected chi connectivity index (χ1v) is 6.80. The van der Waals surface area contributed by atoms with Crippen LogP contribution in [0.4, 0.5) is 5.69 Å². The Morgan fingerprint density at radius 1 is 1.28 bits per heavy atom. The lowest BCUT2D eigenvalue weighted by Crippen LogP contribution is -2.23. The number of hydrogen-bond donors (Lipinski definition) is 3. The number of rotatable bonds is 6. The summed E-state index contributed by atoms with van der Waals surface area (Å²) in [7, 11) is 0. The lowest BCUT2D eigenvalue weighted by Gasteiger charge is -2.14. The molecule has 0 radical (unpaired) electrons. The smallest absolute Gasteiger partial charge is 0.0915 e. The van der Waals surface area contributed by atoms with E-state index in [0.29, 0.717) is 33.8 Å².